The van der Waals surface area contributed by atoms with Gasteiger partial charge in [0.05, 0.1) is 19.6 Å². The summed E-state index contributed by atoms with van der Waals surface area (Å²) >= 11 is 0. The lowest BCUT2D eigenvalue weighted by Crippen LogP contribution is -2.11. The molecule has 0 bridgehead atoms. The van der Waals surface area contributed by atoms with Crippen LogP contribution in [-0.2, 0) is 16.0 Å². The third kappa shape index (κ3) is 3.13. The van der Waals surface area contributed by atoms with Crippen molar-refractivity contribution < 1.29 is 14.3 Å². The van der Waals surface area contributed by atoms with Gasteiger partial charge in [-0.05, 0) is 36.2 Å². The molecule has 1 amide bonds. The van der Waals surface area contributed by atoms with E-state index in [2.05, 4.69) is 25.6 Å². The average molecular weight is 312 g/mol. The summed E-state index contributed by atoms with van der Waals surface area (Å²) in [6.45, 7) is 1.99. The SMILES string of the molecule is COC(=O)c1ccc(N[C@@H](C)c2ccc3c(c2)CC(=O)N3)nn1. The number of amides is 1. The molecule has 1 aromatic heterocycles. The fourth-order valence-corrected chi connectivity index (χ4v) is 2.45. The van der Waals surface area contributed by atoms with Gasteiger partial charge >= 0.3 is 5.97 Å². The summed E-state index contributed by atoms with van der Waals surface area (Å²) in [5.74, 6) is 0.0507. The highest BCUT2D eigenvalue weighted by atomic mass is 16.5. The van der Waals surface area contributed by atoms with Gasteiger partial charge in [-0.2, -0.15) is 0 Å². The van der Waals surface area contributed by atoms with Crippen molar-refractivity contribution in [3.05, 3.63) is 47.2 Å². The number of nitrogens with zero attached hydrogens (tertiary/aromatic N) is 2. The second-order valence-corrected chi connectivity index (χ2v) is 5.30. The Hall–Kier alpha value is -2.96. The van der Waals surface area contributed by atoms with E-state index in [-0.39, 0.29) is 17.6 Å². The number of carbonyl (C=O) groups excluding carboxylic acids is 2. The molecule has 1 aromatic carbocycles. The molecule has 0 unspecified atom stereocenters. The van der Waals surface area contributed by atoms with Crippen LogP contribution in [0.5, 0.6) is 0 Å². The van der Waals surface area contributed by atoms with Gasteiger partial charge in [-0.3, -0.25) is 4.79 Å². The summed E-state index contributed by atoms with van der Waals surface area (Å²) < 4.78 is 4.58. The zero-order valence-electron chi connectivity index (χ0n) is 12.8. The van der Waals surface area contributed by atoms with Gasteiger partial charge in [-0.25, -0.2) is 4.79 Å². The summed E-state index contributed by atoms with van der Waals surface area (Å²) in [6.07, 6.45) is 0.406. The largest absolute Gasteiger partial charge is 0.464 e. The van der Waals surface area contributed by atoms with Gasteiger partial charge in [0.1, 0.15) is 5.82 Å². The Kier molecular flexibility index (Phi) is 3.92. The van der Waals surface area contributed by atoms with E-state index < -0.39 is 5.97 Å². The zero-order valence-corrected chi connectivity index (χ0v) is 12.8. The molecule has 0 saturated carbocycles. The quantitative estimate of drug-likeness (QED) is 0.838. The molecular formula is C16H16N4O3. The lowest BCUT2D eigenvalue weighted by atomic mass is 10.0. The first-order chi connectivity index (χ1) is 11.1. The number of nitrogens with one attached hydrogen (secondary N) is 2. The van der Waals surface area contributed by atoms with Crippen molar-refractivity contribution >= 4 is 23.4 Å². The van der Waals surface area contributed by atoms with Crippen molar-refractivity contribution in [1.82, 2.24) is 10.2 Å². The number of benzene rings is 1. The number of methoxy groups -OCH3 is 1. The maximum Gasteiger partial charge on any atom is 0.358 e. The van der Waals surface area contributed by atoms with Crippen LogP contribution in [-0.4, -0.2) is 29.2 Å². The lowest BCUT2D eigenvalue weighted by molar-refractivity contribution is -0.115. The normalized spacial score (nSPS) is 13.9. The highest BCUT2D eigenvalue weighted by molar-refractivity contribution is 5.99. The predicted octanol–water partition coefficient (Wildman–Crippen LogP) is 1.93. The van der Waals surface area contributed by atoms with E-state index in [1.54, 1.807) is 12.1 Å². The highest BCUT2D eigenvalue weighted by Crippen LogP contribution is 2.27. The number of fused-ring (bicyclic) bond motifs is 1. The van der Waals surface area contributed by atoms with E-state index in [9.17, 15) is 9.59 Å². The molecule has 2 aromatic rings. The number of anilines is 2. The van der Waals surface area contributed by atoms with Gasteiger partial charge in [0.2, 0.25) is 5.91 Å². The summed E-state index contributed by atoms with van der Waals surface area (Å²) in [6, 6.07) is 9.07. The maximum atomic E-state index is 11.4. The highest BCUT2D eigenvalue weighted by Gasteiger charge is 2.19. The third-order valence-corrected chi connectivity index (χ3v) is 3.68. The molecule has 2 N–H and O–H groups in total. The molecule has 0 fully saturated rings. The van der Waals surface area contributed by atoms with Gasteiger partial charge < -0.3 is 15.4 Å². The van der Waals surface area contributed by atoms with Crippen molar-refractivity contribution in [2.45, 2.75) is 19.4 Å². The molecule has 7 heteroatoms. The minimum atomic E-state index is -0.520. The van der Waals surface area contributed by atoms with E-state index in [0.29, 0.717) is 12.2 Å². The van der Waals surface area contributed by atoms with Crippen LogP contribution in [0.2, 0.25) is 0 Å². The molecule has 1 aliphatic heterocycles. The second kappa shape index (κ2) is 6.04. The molecule has 0 radical (unpaired) electrons. The Morgan fingerprint density at radius 2 is 2.13 bits per heavy atom. The van der Waals surface area contributed by atoms with Crippen LogP contribution >= 0.6 is 0 Å². The van der Waals surface area contributed by atoms with Crippen LogP contribution in [0.25, 0.3) is 0 Å². The van der Waals surface area contributed by atoms with Crippen molar-refractivity contribution in [1.29, 1.82) is 0 Å². The van der Waals surface area contributed by atoms with Crippen LogP contribution in [0, 0.1) is 0 Å². The molecule has 0 aliphatic carbocycles. The molecule has 0 spiro atoms. The molecular weight excluding hydrogens is 296 g/mol. The smallest absolute Gasteiger partial charge is 0.358 e. The van der Waals surface area contributed by atoms with Gasteiger partial charge in [0.25, 0.3) is 0 Å². The van der Waals surface area contributed by atoms with E-state index in [1.165, 1.54) is 7.11 Å². The van der Waals surface area contributed by atoms with Gasteiger partial charge in [-0.1, -0.05) is 12.1 Å². The molecule has 1 atom stereocenters. The first-order valence-corrected chi connectivity index (χ1v) is 7.18. The van der Waals surface area contributed by atoms with Crippen molar-refractivity contribution in [2.75, 3.05) is 17.7 Å². The number of hydrogen-bond donors (Lipinski definition) is 2. The number of rotatable bonds is 4. The first-order valence-electron chi connectivity index (χ1n) is 7.18. The average Bonchev–Trinajstić information content (AvgIpc) is 2.93. The first kappa shape index (κ1) is 15.0. The Bertz CT molecular complexity index is 758. The topological polar surface area (TPSA) is 93.2 Å². The molecule has 1 aliphatic rings. The second-order valence-electron chi connectivity index (χ2n) is 5.30. The van der Waals surface area contributed by atoms with Crippen molar-refractivity contribution in [3.63, 3.8) is 0 Å². The van der Waals surface area contributed by atoms with Gasteiger partial charge in [-0.15, -0.1) is 10.2 Å². The minimum Gasteiger partial charge on any atom is -0.464 e. The predicted molar refractivity (Wildman–Crippen MR) is 84.2 cm³/mol. The molecule has 2 heterocycles. The Balaban J connectivity index is 1.72. The van der Waals surface area contributed by atoms with E-state index in [0.717, 1.165) is 16.8 Å². The summed E-state index contributed by atoms with van der Waals surface area (Å²) in [4.78, 5) is 22.7. The number of hydrogen-bond acceptors (Lipinski definition) is 6. The van der Waals surface area contributed by atoms with E-state index in [1.807, 2.05) is 25.1 Å². The van der Waals surface area contributed by atoms with E-state index in [4.69, 9.17) is 0 Å². The zero-order chi connectivity index (χ0) is 16.4. The summed E-state index contributed by atoms with van der Waals surface area (Å²) in [5, 5.41) is 13.8. The lowest BCUT2D eigenvalue weighted by Gasteiger charge is -2.15. The summed E-state index contributed by atoms with van der Waals surface area (Å²) in [7, 11) is 1.30. The Morgan fingerprint density at radius 1 is 1.30 bits per heavy atom. The van der Waals surface area contributed by atoms with Crippen molar-refractivity contribution in [3.8, 4) is 0 Å². The van der Waals surface area contributed by atoms with Crippen LogP contribution in [0.1, 0.15) is 34.6 Å². The Morgan fingerprint density at radius 3 is 2.83 bits per heavy atom. The van der Waals surface area contributed by atoms with Gasteiger partial charge in [0, 0.05) is 5.69 Å². The standard InChI is InChI=1S/C16H16N4O3/c1-9(10-3-4-12-11(7-10)8-15(21)18-12)17-14-6-5-13(19-20-14)16(22)23-2/h3-7,9H,8H2,1-2H3,(H,17,20)(H,18,21)/t9-/m0/s1. The fraction of sp³-hybridized carbons (Fsp3) is 0.250. The summed E-state index contributed by atoms with van der Waals surface area (Å²) in [5.41, 5.74) is 3.06. The Labute approximate surface area is 133 Å². The van der Waals surface area contributed by atoms with Crippen molar-refractivity contribution in [2.24, 2.45) is 0 Å². The number of esters is 1. The van der Waals surface area contributed by atoms with Crippen LogP contribution < -0.4 is 10.6 Å². The van der Waals surface area contributed by atoms with Gasteiger partial charge in [0.15, 0.2) is 5.69 Å². The number of carbonyl (C=O) groups is 2. The minimum absolute atomic E-state index is 0.0158. The fourth-order valence-electron chi connectivity index (χ4n) is 2.45. The molecule has 3 rings (SSSR count). The molecule has 23 heavy (non-hydrogen) atoms. The third-order valence-electron chi connectivity index (χ3n) is 3.68. The monoisotopic (exact) mass is 312 g/mol. The van der Waals surface area contributed by atoms with E-state index >= 15 is 0 Å². The number of aromatic nitrogens is 2. The van der Waals surface area contributed by atoms with Crippen LogP contribution in [0.4, 0.5) is 11.5 Å². The van der Waals surface area contributed by atoms with Crippen LogP contribution in [0.15, 0.2) is 30.3 Å². The maximum absolute atomic E-state index is 11.4. The number of ether oxygens (including phenoxy) is 1. The van der Waals surface area contributed by atoms with Crippen LogP contribution in [0.3, 0.4) is 0 Å². The molecule has 0 saturated heterocycles. The molecule has 118 valence electrons. The molecule has 7 nitrogen and oxygen atoms in total.